The van der Waals surface area contributed by atoms with E-state index in [0.717, 1.165) is 19.5 Å². The van der Waals surface area contributed by atoms with Crippen LogP contribution in [0.3, 0.4) is 0 Å². The SMILES string of the molecule is COCC(NC(=O)N(C)C[C@@H]1CCN(C)[C@H]1c1cccnc1)C1CC1. The van der Waals surface area contributed by atoms with Crippen molar-refractivity contribution in [1.29, 1.82) is 0 Å². The summed E-state index contributed by atoms with van der Waals surface area (Å²) >= 11 is 0. The van der Waals surface area contributed by atoms with Gasteiger partial charge in [0, 0.05) is 39.1 Å². The van der Waals surface area contributed by atoms with Crippen molar-refractivity contribution in [3.8, 4) is 0 Å². The standard InChI is InChI=1S/C19H30N4O2/c1-22-10-8-16(18(22)15-5-4-9-20-11-15)12-23(2)19(24)21-17(13-25-3)14-6-7-14/h4-5,9,11,14,16-18H,6-8,10,12-13H2,1-3H3,(H,21,24)/t16-,17?,18-/m0/s1. The fraction of sp³-hybridized carbons (Fsp3) is 0.684. The zero-order chi connectivity index (χ0) is 17.8. The highest BCUT2D eigenvalue weighted by molar-refractivity contribution is 5.74. The molecule has 2 fully saturated rings. The maximum Gasteiger partial charge on any atom is 0.317 e. The van der Waals surface area contributed by atoms with Gasteiger partial charge in [-0.3, -0.25) is 9.88 Å². The molecule has 0 bridgehead atoms. The minimum absolute atomic E-state index is 0.00781. The predicted octanol–water partition coefficient (Wildman–Crippen LogP) is 2.14. The molecule has 6 heteroatoms. The monoisotopic (exact) mass is 346 g/mol. The number of aromatic nitrogens is 1. The van der Waals surface area contributed by atoms with Crippen LogP contribution in [0.25, 0.3) is 0 Å². The third-order valence-electron chi connectivity index (χ3n) is 5.50. The fourth-order valence-electron chi connectivity index (χ4n) is 3.97. The number of carbonyl (C=O) groups excluding carboxylic acids is 1. The first-order valence-corrected chi connectivity index (χ1v) is 9.21. The lowest BCUT2D eigenvalue weighted by Crippen LogP contribution is -2.47. The number of amides is 2. The number of methoxy groups -OCH3 is 1. The molecule has 1 saturated heterocycles. The van der Waals surface area contributed by atoms with Gasteiger partial charge in [0.15, 0.2) is 0 Å². The second kappa shape index (κ2) is 8.15. The summed E-state index contributed by atoms with van der Waals surface area (Å²) in [5.41, 5.74) is 1.23. The van der Waals surface area contributed by atoms with Gasteiger partial charge in [-0.05, 0) is 56.3 Å². The number of hydrogen-bond acceptors (Lipinski definition) is 4. The number of ether oxygens (including phenoxy) is 1. The Morgan fingerprint density at radius 1 is 1.48 bits per heavy atom. The van der Waals surface area contributed by atoms with Crippen molar-refractivity contribution >= 4 is 6.03 Å². The van der Waals surface area contributed by atoms with Gasteiger partial charge in [-0.1, -0.05) is 6.07 Å². The van der Waals surface area contributed by atoms with Crippen LogP contribution in [0.15, 0.2) is 24.5 Å². The highest BCUT2D eigenvalue weighted by Crippen LogP contribution is 2.36. The number of carbonyl (C=O) groups is 1. The molecule has 2 amide bonds. The van der Waals surface area contributed by atoms with Crippen LogP contribution in [-0.2, 0) is 4.74 Å². The van der Waals surface area contributed by atoms with Gasteiger partial charge in [0.05, 0.1) is 12.6 Å². The molecule has 1 aliphatic carbocycles. The quantitative estimate of drug-likeness (QED) is 0.822. The molecule has 6 nitrogen and oxygen atoms in total. The van der Waals surface area contributed by atoms with Gasteiger partial charge < -0.3 is 15.0 Å². The van der Waals surface area contributed by atoms with Crippen molar-refractivity contribution in [1.82, 2.24) is 20.1 Å². The Balaban J connectivity index is 1.59. The molecule has 1 aromatic rings. The lowest BCUT2D eigenvalue weighted by molar-refractivity contribution is 0.146. The highest BCUT2D eigenvalue weighted by atomic mass is 16.5. The van der Waals surface area contributed by atoms with Crippen LogP contribution in [0.1, 0.15) is 30.9 Å². The second-order valence-electron chi connectivity index (χ2n) is 7.49. The van der Waals surface area contributed by atoms with E-state index in [0.29, 0.717) is 24.5 Å². The van der Waals surface area contributed by atoms with Crippen molar-refractivity contribution in [2.45, 2.75) is 31.3 Å². The smallest absolute Gasteiger partial charge is 0.317 e. The molecular formula is C19H30N4O2. The first-order valence-electron chi connectivity index (χ1n) is 9.21. The van der Waals surface area contributed by atoms with Crippen LogP contribution < -0.4 is 5.32 Å². The summed E-state index contributed by atoms with van der Waals surface area (Å²) in [5, 5.41) is 3.16. The molecule has 1 aliphatic heterocycles. The maximum atomic E-state index is 12.6. The summed E-state index contributed by atoms with van der Waals surface area (Å²) in [7, 11) is 5.74. The van der Waals surface area contributed by atoms with Crippen LogP contribution in [0, 0.1) is 11.8 Å². The molecule has 138 valence electrons. The fourth-order valence-corrected chi connectivity index (χ4v) is 3.97. The third-order valence-corrected chi connectivity index (χ3v) is 5.50. The molecule has 1 aromatic heterocycles. The Bertz CT molecular complexity index is 564. The Kier molecular flexibility index (Phi) is 5.91. The van der Waals surface area contributed by atoms with Crippen molar-refractivity contribution in [3.05, 3.63) is 30.1 Å². The molecule has 3 atom stereocenters. The van der Waals surface area contributed by atoms with Gasteiger partial charge in [-0.15, -0.1) is 0 Å². The minimum Gasteiger partial charge on any atom is -0.383 e. The average molecular weight is 346 g/mol. The van der Waals surface area contributed by atoms with Crippen molar-refractivity contribution in [2.24, 2.45) is 11.8 Å². The molecule has 1 saturated carbocycles. The molecule has 1 unspecified atom stereocenters. The molecule has 1 N–H and O–H groups in total. The van der Waals surface area contributed by atoms with Crippen LogP contribution in [0.2, 0.25) is 0 Å². The van der Waals surface area contributed by atoms with Crippen molar-refractivity contribution in [2.75, 3.05) is 40.9 Å². The number of likely N-dealkylation sites (tertiary alicyclic amines) is 1. The predicted molar refractivity (Wildman–Crippen MR) is 97.3 cm³/mol. The van der Waals surface area contributed by atoms with E-state index in [1.807, 2.05) is 24.2 Å². The minimum atomic E-state index is 0.00781. The van der Waals surface area contributed by atoms with Gasteiger partial charge in [-0.25, -0.2) is 4.79 Å². The summed E-state index contributed by atoms with van der Waals surface area (Å²) in [6.45, 7) is 2.39. The zero-order valence-electron chi connectivity index (χ0n) is 15.5. The largest absolute Gasteiger partial charge is 0.383 e. The lowest BCUT2D eigenvalue weighted by atomic mass is 9.94. The summed E-state index contributed by atoms with van der Waals surface area (Å²) in [6, 6.07) is 4.59. The Morgan fingerprint density at radius 3 is 2.92 bits per heavy atom. The number of nitrogens with one attached hydrogen (secondary N) is 1. The number of pyridine rings is 1. The first-order chi connectivity index (χ1) is 12.1. The molecular weight excluding hydrogens is 316 g/mol. The summed E-state index contributed by atoms with van der Waals surface area (Å²) in [6.07, 6.45) is 7.23. The van der Waals surface area contributed by atoms with Crippen molar-refractivity contribution < 1.29 is 9.53 Å². The van der Waals surface area contributed by atoms with E-state index in [2.05, 4.69) is 28.3 Å². The number of nitrogens with zero attached hydrogens (tertiary/aromatic N) is 3. The van der Waals surface area contributed by atoms with Gasteiger partial charge in [0.1, 0.15) is 0 Å². The van der Waals surface area contributed by atoms with Crippen LogP contribution >= 0.6 is 0 Å². The highest BCUT2D eigenvalue weighted by Gasteiger charge is 2.36. The Hall–Kier alpha value is -1.66. The van der Waals surface area contributed by atoms with E-state index in [9.17, 15) is 4.79 Å². The molecule has 2 aliphatic rings. The number of rotatable bonds is 7. The molecule has 0 aromatic carbocycles. The summed E-state index contributed by atoms with van der Waals surface area (Å²) < 4.78 is 5.26. The van der Waals surface area contributed by atoms with Crippen LogP contribution in [0.4, 0.5) is 4.79 Å². The van der Waals surface area contributed by atoms with E-state index in [4.69, 9.17) is 4.74 Å². The molecule has 0 spiro atoms. The van der Waals surface area contributed by atoms with Gasteiger partial charge >= 0.3 is 6.03 Å². The number of hydrogen-bond donors (Lipinski definition) is 1. The normalized spacial score (nSPS) is 24.9. The first kappa shape index (κ1) is 18.1. The average Bonchev–Trinajstić information content (AvgIpc) is 3.39. The van der Waals surface area contributed by atoms with E-state index >= 15 is 0 Å². The van der Waals surface area contributed by atoms with Gasteiger partial charge in [0.2, 0.25) is 0 Å². The van der Waals surface area contributed by atoms with E-state index in [1.165, 1.54) is 18.4 Å². The van der Waals surface area contributed by atoms with E-state index in [-0.39, 0.29) is 12.1 Å². The summed E-state index contributed by atoms with van der Waals surface area (Å²) in [5.74, 6) is 1.00. The van der Waals surface area contributed by atoms with Gasteiger partial charge in [0.25, 0.3) is 0 Å². The molecule has 25 heavy (non-hydrogen) atoms. The maximum absolute atomic E-state index is 12.6. The topological polar surface area (TPSA) is 57.7 Å². The van der Waals surface area contributed by atoms with Gasteiger partial charge in [-0.2, -0.15) is 0 Å². The molecule has 3 rings (SSSR count). The zero-order valence-corrected chi connectivity index (χ0v) is 15.5. The van der Waals surface area contributed by atoms with Crippen molar-refractivity contribution in [3.63, 3.8) is 0 Å². The van der Waals surface area contributed by atoms with E-state index < -0.39 is 0 Å². The number of urea groups is 1. The van der Waals surface area contributed by atoms with Crippen LogP contribution in [0.5, 0.6) is 0 Å². The molecule has 2 heterocycles. The van der Waals surface area contributed by atoms with E-state index in [1.54, 1.807) is 13.3 Å². The Morgan fingerprint density at radius 2 is 2.28 bits per heavy atom. The molecule has 0 radical (unpaired) electrons. The lowest BCUT2D eigenvalue weighted by Gasteiger charge is -2.29. The Labute approximate surface area is 150 Å². The third kappa shape index (κ3) is 4.50. The summed E-state index contributed by atoms with van der Waals surface area (Å²) in [4.78, 5) is 21.1. The van der Waals surface area contributed by atoms with Crippen LogP contribution in [-0.4, -0.2) is 67.8 Å². The second-order valence-corrected chi connectivity index (χ2v) is 7.49.